The van der Waals surface area contributed by atoms with Crippen LogP contribution >= 0.6 is 0 Å². The van der Waals surface area contributed by atoms with Gasteiger partial charge in [0, 0.05) is 23.7 Å². The van der Waals surface area contributed by atoms with Crippen LogP contribution in [0, 0.1) is 6.92 Å². The van der Waals surface area contributed by atoms with Crippen LogP contribution in [-0.2, 0) is 23.1 Å². The summed E-state index contributed by atoms with van der Waals surface area (Å²) in [5.74, 6) is -1.13. The molecule has 2 aromatic carbocycles. The SMILES string of the molecule is Cc1ccc(S(=O)(=O)Oc2ccc3c(=O)c(C(=O)O)cn4c3c2CCC4)cc1. The fraction of sp³-hybridized carbons (Fsp3) is 0.200. The van der Waals surface area contributed by atoms with Gasteiger partial charge in [-0.25, -0.2) is 4.79 Å². The number of hydrogen-bond acceptors (Lipinski definition) is 5. The molecule has 2 heterocycles. The molecule has 0 unspecified atom stereocenters. The number of pyridine rings is 1. The van der Waals surface area contributed by atoms with E-state index in [0.29, 0.717) is 30.5 Å². The molecule has 1 aliphatic rings. The maximum atomic E-state index is 12.7. The minimum absolute atomic E-state index is 0.0415. The lowest BCUT2D eigenvalue weighted by Crippen LogP contribution is -2.22. The minimum atomic E-state index is -4.03. The number of carboxylic acid groups (broad SMARTS) is 1. The number of carbonyl (C=O) groups is 1. The molecule has 1 N–H and O–H groups in total. The largest absolute Gasteiger partial charge is 0.477 e. The van der Waals surface area contributed by atoms with Gasteiger partial charge in [0.15, 0.2) is 0 Å². The second-order valence-electron chi connectivity index (χ2n) is 6.76. The number of aryl methyl sites for hydroxylation is 3. The van der Waals surface area contributed by atoms with Crippen molar-refractivity contribution in [2.45, 2.75) is 31.2 Å². The van der Waals surface area contributed by atoms with Gasteiger partial charge in [-0.1, -0.05) is 17.7 Å². The number of nitrogens with zero attached hydrogens (tertiary/aromatic N) is 1. The van der Waals surface area contributed by atoms with Gasteiger partial charge in [0.1, 0.15) is 16.2 Å². The van der Waals surface area contributed by atoms with E-state index in [1.165, 1.54) is 30.5 Å². The predicted molar refractivity (Wildman–Crippen MR) is 102 cm³/mol. The lowest BCUT2D eigenvalue weighted by molar-refractivity contribution is 0.0694. The number of benzene rings is 2. The molecule has 0 amide bonds. The Kier molecular flexibility index (Phi) is 4.23. The van der Waals surface area contributed by atoms with Gasteiger partial charge in [-0.15, -0.1) is 0 Å². The van der Waals surface area contributed by atoms with E-state index in [9.17, 15) is 23.1 Å². The van der Waals surface area contributed by atoms with Gasteiger partial charge in [0.2, 0.25) is 5.43 Å². The van der Waals surface area contributed by atoms with Crippen molar-refractivity contribution in [2.24, 2.45) is 0 Å². The van der Waals surface area contributed by atoms with E-state index < -0.39 is 21.5 Å². The van der Waals surface area contributed by atoms with E-state index in [4.69, 9.17) is 4.18 Å². The first-order valence-electron chi connectivity index (χ1n) is 8.71. The second kappa shape index (κ2) is 6.49. The van der Waals surface area contributed by atoms with Gasteiger partial charge < -0.3 is 13.9 Å². The van der Waals surface area contributed by atoms with Crippen LogP contribution in [0.15, 0.2) is 52.3 Å². The summed E-state index contributed by atoms with van der Waals surface area (Å²) >= 11 is 0. The van der Waals surface area contributed by atoms with Crippen LogP contribution in [0.5, 0.6) is 5.75 Å². The average molecular weight is 399 g/mol. The summed E-state index contributed by atoms with van der Waals surface area (Å²) < 4.78 is 32.4. The topological polar surface area (TPSA) is 103 Å². The number of aromatic carboxylic acids is 1. The van der Waals surface area contributed by atoms with E-state index >= 15 is 0 Å². The van der Waals surface area contributed by atoms with Crippen LogP contribution in [0.25, 0.3) is 10.9 Å². The highest BCUT2D eigenvalue weighted by Crippen LogP contribution is 2.33. The van der Waals surface area contributed by atoms with Crippen molar-refractivity contribution in [1.82, 2.24) is 4.57 Å². The standard InChI is InChI=1S/C20H17NO6S/c1-12-4-6-13(7-5-12)28(25,26)27-17-9-8-15-18-14(17)3-2-10-21(18)11-16(19(15)22)20(23)24/h4-9,11H,2-3,10H2,1H3,(H,23,24). The third-order valence-corrected chi connectivity index (χ3v) is 6.12. The van der Waals surface area contributed by atoms with E-state index in [0.717, 1.165) is 5.56 Å². The first-order valence-corrected chi connectivity index (χ1v) is 10.1. The molecular weight excluding hydrogens is 382 g/mol. The minimum Gasteiger partial charge on any atom is -0.477 e. The summed E-state index contributed by atoms with van der Waals surface area (Å²) in [6.07, 6.45) is 2.52. The lowest BCUT2D eigenvalue weighted by Gasteiger charge is -2.22. The average Bonchev–Trinajstić information content (AvgIpc) is 2.65. The van der Waals surface area contributed by atoms with Crippen molar-refractivity contribution in [3.63, 3.8) is 0 Å². The Hall–Kier alpha value is -3.13. The highest BCUT2D eigenvalue weighted by molar-refractivity contribution is 7.87. The van der Waals surface area contributed by atoms with E-state index in [2.05, 4.69) is 0 Å². The zero-order valence-corrected chi connectivity index (χ0v) is 15.8. The maximum Gasteiger partial charge on any atom is 0.341 e. The zero-order chi connectivity index (χ0) is 20.1. The van der Waals surface area contributed by atoms with Crippen LogP contribution in [0.1, 0.15) is 27.9 Å². The molecule has 0 radical (unpaired) electrons. The molecule has 7 nitrogen and oxygen atoms in total. The Bertz CT molecular complexity index is 1270. The first kappa shape index (κ1) is 18.2. The number of aromatic nitrogens is 1. The Morgan fingerprint density at radius 2 is 1.86 bits per heavy atom. The normalized spacial score (nSPS) is 13.5. The van der Waals surface area contributed by atoms with Gasteiger partial charge >= 0.3 is 16.1 Å². The van der Waals surface area contributed by atoms with Gasteiger partial charge in [-0.3, -0.25) is 4.79 Å². The van der Waals surface area contributed by atoms with Crippen LogP contribution < -0.4 is 9.61 Å². The molecule has 0 aliphatic carbocycles. The van der Waals surface area contributed by atoms with Crippen molar-refractivity contribution in [3.8, 4) is 5.75 Å². The quantitative estimate of drug-likeness (QED) is 0.677. The Morgan fingerprint density at radius 3 is 2.54 bits per heavy atom. The van der Waals surface area contributed by atoms with E-state index in [1.807, 2.05) is 6.92 Å². The second-order valence-corrected chi connectivity index (χ2v) is 8.31. The van der Waals surface area contributed by atoms with Crippen LogP contribution in [0.4, 0.5) is 0 Å². The molecule has 8 heteroatoms. The molecular formula is C20H17NO6S. The molecule has 0 saturated carbocycles. The summed E-state index contributed by atoms with van der Waals surface area (Å²) in [7, 11) is -4.03. The van der Waals surface area contributed by atoms with Crippen LogP contribution in [0.3, 0.4) is 0 Å². The third-order valence-electron chi connectivity index (χ3n) is 4.87. The number of carboxylic acids is 1. The molecule has 1 aromatic heterocycles. The molecule has 0 bridgehead atoms. The summed E-state index contributed by atoms with van der Waals surface area (Å²) in [4.78, 5) is 23.9. The Morgan fingerprint density at radius 1 is 1.14 bits per heavy atom. The van der Waals surface area contributed by atoms with Gasteiger partial charge in [0.05, 0.1) is 5.52 Å². The molecule has 0 saturated heterocycles. The van der Waals surface area contributed by atoms with Crippen LogP contribution in [0.2, 0.25) is 0 Å². The van der Waals surface area contributed by atoms with E-state index in [-0.39, 0.29) is 21.6 Å². The van der Waals surface area contributed by atoms with Gasteiger partial charge in [-0.05, 0) is 44.0 Å². The first-order chi connectivity index (χ1) is 13.3. The zero-order valence-electron chi connectivity index (χ0n) is 15.0. The fourth-order valence-electron chi connectivity index (χ4n) is 3.50. The van der Waals surface area contributed by atoms with Crippen molar-refractivity contribution in [1.29, 1.82) is 0 Å². The Labute approximate surface area is 160 Å². The number of hydrogen-bond donors (Lipinski definition) is 1. The van der Waals surface area contributed by atoms with Crippen molar-refractivity contribution in [3.05, 3.63) is 69.5 Å². The summed E-state index contributed by atoms with van der Waals surface area (Å²) in [6, 6.07) is 9.18. The smallest absolute Gasteiger partial charge is 0.341 e. The summed E-state index contributed by atoms with van der Waals surface area (Å²) in [5.41, 5.74) is 1.15. The highest BCUT2D eigenvalue weighted by Gasteiger charge is 2.25. The number of rotatable bonds is 4. The summed E-state index contributed by atoms with van der Waals surface area (Å²) in [5, 5.41) is 9.51. The van der Waals surface area contributed by atoms with E-state index in [1.54, 1.807) is 16.7 Å². The molecule has 4 rings (SSSR count). The maximum absolute atomic E-state index is 12.7. The highest BCUT2D eigenvalue weighted by atomic mass is 32.2. The van der Waals surface area contributed by atoms with Crippen molar-refractivity contribution < 1.29 is 22.5 Å². The summed E-state index contributed by atoms with van der Waals surface area (Å²) in [6.45, 7) is 2.40. The molecule has 28 heavy (non-hydrogen) atoms. The third kappa shape index (κ3) is 2.95. The molecule has 3 aromatic rings. The molecule has 0 spiro atoms. The fourth-order valence-corrected chi connectivity index (χ4v) is 4.46. The van der Waals surface area contributed by atoms with Crippen molar-refractivity contribution >= 4 is 27.0 Å². The molecule has 0 atom stereocenters. The monoisotopic (exact) mass is 399 g/mol. The van der Waals surface area contributed by atoms with Gasteiger partial charge in [-0.2, -0.15) is 8.42 Å². The molecule has 1 aliphatic heterocycles. The van der Waals surface area contributed by atoms with Gasteiger partial charge in [0.25, 0.3) is 0 Å². The lowest BCUT2D eigenvalue weighted by atomic mass is 9.99. The van der Waals surface area contributed by atoms with Crippen molar-refractivity contribution in [2.75, 3.05) is 0 Å². The Balaban J connectivity index is 1.87. The molecule has 144 valence electrons. The predicted octanol–water partition coefficient (Wildman–Crippen LogP) is 2.72. The molecule has 0 fully saturated rings. The van der Waals surface area contributed by atoms with Crippen LogP contribution in [-0.4, -0.2) is 24.1 Å².